The number of hydrogen-bond donors (Lipinski definition) is 1. The molecule has 2 bridgehead atoms. The van der Waals surface area contributed by atoms with Crippen molar-refractivity contribution in [2.24, 2.45) is 0 Å². The maximum absolute atomic E-state index is 5.76. The van der Waals surface area contributed by atoms with Crippen LogP contribution in [0.25, 0.3) is 0 Å². The summed E-state index contributed by atoms with van der Waals surface area (Å²) in [6, 6.07) is 1.89. The molecule has 14 heavy (non-hydrogen) atoms. The van der Waals surface area contributed by atoms with Crippen LogP contribution >= 0.6 is 0 Å². The number of hydrogen-bond acceptors (Lipinski definition) is 3. The van der Waals surface area contributed by atoms with Gasteiger partial charge in [0.15, 0.2) is 0 Å². The Morgan fingerprint density at radius 1 is 1.43 bits per heavy atom. The molecular formula is C11H22N2O. The SMILES string of the molecule is CCO[C@@H]1C[C@@H]2CN(C(C)C)C[C@H]1N2. The van der Waals surface area contributed by atoms with Gasteiger partial charge in [-0.1, -0.05) is 0 Å². The average Bonchev–Trinajstić information content (AvgIpc) is 2.42. The lowest BCUT2D eigenvalue weighted by atomic mass is 10.1. The van der Waals surface area contributed by atoms with Gasteiger partial charge in [0.25, 0.3) is 0 Å². The largest absolute Gasteiger partial charge is 0.377 e. The Kier molecular flexibility index (Phi) is 3.10. The molecule has 0 aromatic heterocycles. The van der Waals surface area contributed by atoms with Crippen molar-refractivity contribution in [3.05, 3.63) is 0 Å². The first kappa shape index (κ1) is 10.4. The number of nitrogens with one attached hydrogen (secondary N) is 1. The fourth-order valence-electron chi connectivity index (χ4n) is 2.65. The molecule has 0 aromatic rings. The molecule has 0 aliphatic carbocycles. The van der Waals surface area contributed by atoms with Crippen molar-refractivity contribution in [2.75, 3.05) is 19.7 Å². The first-order valence-corrected chi connectivity index (χ1v) is 5.82. The van der Waals surface area contributed by atoms with Gasteiger partial charge in [0.2, 0.25) is 0 Å². The second-order valence-electron chi connectivity index (χ2n) is 4.75. The highest BCUT2D eigenvalue weighted by atomic mass is 16.5. The Balaban J connectivity index is 1.94. The number of piperazine rings is 1. The molecule has 2 fully saturated rings. The molecule has 2 heterocycles. The Morgan fingerprint density at radius 2 is 2.21 bits per heavy atom. The van der Waals surface area contributed by atoms with E-state index in [1.54, 1.807) is 0 Å². The summed E-state index contributed by atoms with van der Waals surface area (Å²) in [5, 5.41) is 3.64. The van der Waals surface area contributed by atoms with E-state index in [0.29, 0.717) is 24.2 Å². The van der Waals surface area contributed by atoms with Gasteiger partial charge in [-0.2, -0.15) is 0 Å². The van der Waals surface area contributed by atoms with E-state index < -0.39 is 0 Å². The highest BCUT2D eigenvalue weighted by molar-refractivity contribution is 4.99. The van der Waals surface area contributed by atoms with Crippen LogP contribution in [0.5, 0.6) is 0 Å². The average molecular weight is 198 g/mol. The molecule has 0 amide bonds. The molecule has 0 aromatic carbocycles. The molecule has 1 N–H and O–H groups in total. The maximum Gasteiger partial charge on any atom is 0.0755 e. The molecule has 0 spiro atoms. The van der Waals surface area contributed by atoms with E-state index in [2.05, 4.69) is 31.0 Å². The van der Waals surface area contributed by atoms with Crippen molar-refractivity contribution in [1.29, 1.82) is 0 Å². The Morgan fingerprint density at radius 3 is 2.86 bits per heavy atom. The van der Waals surface area contributed by atoms with Crippen molar-refractivity contribution < 1.29 is 4.74 Å². The van der Waals surface area contributed by atoms with Gasteiger partial charge in [0, 0.05) is 37.8 Å². The van der Waals surface area contributed by atoms with E-state index in [4.69, 9.17) is 4.74 Å². The van der Waals surface area contributed by atoms with Gasteiger partial charge < -0.3 is 10.1 Å². The molecule has 0 radical (unpaired) electrons. The molecule has 2 saturated heterocycles. The summed E-state index contributed by atoms with van der Waals surface area (Å²) < 4.78 is 5.76. The minimum absolute atomic E-state index is 0.453. The fourth-order valence-corrected chi connectivity index (χ4v) is 2.65. The normalized spacial score (nSPS) is 38.1. The fraction of sp³-hybridized carbons (Fsp3) is 1.00. The van der Waals surface area contributed by atoms with Gasteiger partial charge in [0.1, 0.15) is 0 Å². The Bertz CT molecular complexity index is 196. The molecule has 3 atom stereocenters. The van der Waals surface area contributed by atoms with E-state index in [0.717, 1.165) is 13.2 Å². The second kappa shape index (κ2) is 4.17. The lowest BCUT2D eigenvalue weighted by molar-refractivity contribution is 0.0447. The van der Waals surface area contributed by atoms with E-state index >= 15 is 0 Å². The van der Waals surface area contributed by atoms with Crippen molar-refractivity contribution >= 4 is 0 Å². The third kappa shape index (κ3) is 1.95. The number of ether oxygens (including phenoxy) is 1. The molecule has 82 valence electrons. The van der Waals surface area contributed by atoms with Crippen LogP contribution in [0.1, 0.15) is 27.2 Å². The van der Waals surface area contributed by atoms with Gasteiger partial charge in [-0.05, 0) is 27.2 Å². The summed E-state index contributed by atoms with van der Waals surface area (Å²) in [5.41, 5.74) is 0. The second-order valence-corrected chi connectivity index (χ2v) is 4.75. The van der Waals surface area contributed by atoms with Crippen LogP contribution in [0.2, 0.25) is 0 Å². The third-order valence-corrected chi connectivity index (χ3v) is 3.41. The maximum atomic E-state index is 5.76. The minimum Gasteiger partial charge on any atom is -0.377 e. The number of likely N-dealkylation sites (tertiary alicyclic amines) is 1. The van der Waals surface area contributed by atoms with E-state index in [1.807, 2.05) is 0 Å². The van der Waals surface area contributed by atoms with Crippen LogP contribution in [0.15, 0.2) is 0 Å². The van der Waals surface area contributed by atoms with Crippen molar-refractivity contribution in [3.8, 4) is 0 Å². The number of rotatable bonds is 3. The lowest BCUT2D eigenvalue weighted by Crippen LogP contribution is -2.54. The molecule has 0 unspecified atom stereocenters. The van der Waals surface area contributed by atoms with E-state index in [-0.39, 0.29) is 0 Å². The smallest absolute Gasteiger partial charge is 0.0755 e. The molecule has 3 heteroatoms. The summed E-state index contributed by atoms with van der Waals surface area (Å²) in [7, 11) is 0. The standard InChI is InChI=1S/C11H22N2O/c1-4-14-11-5-9-6-13(8(2)3)7-10(11)12-9/h8-12H,4-7H2,1-3H3/t9-,10-,11-/m1/s1. The lowest BCUT2D eigenvalue weighted by Gasteiger charge is -2.36. The van der Waals surface area contributed by atoms with Gasteiger partial charge in [-0.15, -0.1) is 0 Å². The number of nitrogens with zero attached hydrogens (tertiary/aromatic N) is 1. The van der Waals surface area contributed by atoms with Gasteiger partial charge in [-0.3, -0.25) is 4.90 Å². The van der Waals surface area contributed by atoms with Crippen molar-refractivity contribution in [3.63, 3.8) is 0 Å². The Labute approximate surface area is 86.8 Å². The Hall–Kier alpha value is -0.120. The highest BCUT2D eigenvalue weighted by Gasteiger charge is 2.40. The van der Waals surface area contributed by atoms with Gasteiger partial charge in [-0.25, -0.2) is 0 Å². The predicted octanol–water partition coefficient (Wildman–Crippen LogP) is 0.846. The first-order valence-electron chi connectivity index (χ1n) is 5.82. The zero-order valence-corrected chi connectivity index (χ0v) is 9.49. The van der Waals surface area contributed by atoms with Crippen LogP contribution in [0, 0.1) is 0 Å². The van der Waals surface area contributed by atoms with Crippen LogP contribution in [-0.2, 0) is 4.74 Å². The predicted molar refractivity (Wildman–Crippen MR) is 57.5 cm³/mol. The quantitative estimate of drug-likeness (QED) is 0.727. The molecule has 2 aliphatic heterocycles. The monoisotopic (exact) mass is 198 g/mol. The first-order chi connectivity index (χ1) is 6.70. The molecule has 0 saturated carbocycles. The molecule has 2 rings (SSSR count). The minimum atomic E-state index is 0.453. The molecular weight excluding hydrogens is 176 g/mol. The van der Waals surface area contributed by atoms with Crippen LogP contribution in [0.3, 0.4) is 0 Å². The summed E-state index contributed by atoms with van der Waals surface area (Å²) in [4.78, 5) is 2.56. The van der Waals surface area contributed by atoms with Crippen LogP contribution in [0.4, 0.5) is 0 Å². The van der Waals surface area contributed by atoms with E-state index in [1.165, 1.54) is 13.0 Å². The van der Waals surface area contributed by atoms with Crippen molar-refractivity contribution in [2.45, 2.75) is 51.4 Å². The zero-order chi connectivity index (χ0) is 10.1. The molecule has 2 aliphatic rings. The van der Waals surface area contributed by atoms with E-state index in [9.17, 15) is 0 Å². The summed E-state index contributed by atoms with van der Waals surface area (Å²) in [6.45, 7) is 9.83. The zero-order valence-electron chi connectivity index (χ0n) is 9.49. The third-order valence-electron chi connectivity index (χ3n) is 3.41. The van der Waals surface area contributed by atoms with Crippen LogP contribution in [-0.4, -0.2) is 48.8 Å². The number of fused-ring (bicyclic) bond motifs is 2. The van der Waals surface area contributed by atoms with Gasteiger partial charge >= 0.3 is 0 Å². The summed E-state index contributed by atoms with van der Waals surface area (Å²) in [5.74, 6) is 0. The van der Waals surface area contributed by atoms with Gasteiger partial charge in [0.05, 0.1) is 6.10 Å². The highest BCUT2D eigenvalue weighted by Crippen LogP contribution is 2.24. The van der Waals surface area contributed by atoms with Crippen molar-refractivity contribution in [1.82, 2.24) is 10.2 Å². The summed E-state index contributed by atoms with van der Waals surface area (Å²) >= 11 is 0. The molecule has 3 nitrogen and oxygen atoms in total. The van der Waals surface area contributed by atoms with Crippen LogP contribution < -0.4 is 5.32 Å². The summed E-state index contributed by atoms with van der Waals surface area (Å²) in [6.07, 6.45) is 1.65. The topological polar surface area (TPSA) is 24.5 Å².